The van der Waals surface area contributed by atoms with Crippen LogP contribution in [-0.2, 0) is 4.74 Å². The normalized spacial score (nSPS) is 10.7. The lowest BCUT2D eigenvalue weighted by molar-refractivity contribution is 0.0929. The summed E-state index contributed by atoms with van der Waals surface area (Å²) in [4.78, 5) is 16.0. The molecule has 6 nitrogen and oxygen atoms in total. The lowest BCUT2D eigenvalue weighted by Gasteiger charge is -2.05. The number of aryl methyl sites for hydroxylation is 1. The molecule has 0 radical (unpaired) electrons. The summed E-state index contributed by atoms with van der Waals surface area (Å²) in [6.07, 6.45) is 1.60. The van der Waals surface area contributed by atoms with E-state index >= 15 is 0 Å². The van der Waals surface area contributed by atoms with Gasteiger partial charge in [-0.05, 0) is 13.0 Å². The minimum atomic E-state index is -0.183. The molecule has 0 saturated carbocycles. The minimum absolute atomic E-state index is 0.183. The van der Waals surface area contributed by atoms with Gasteiger partial charge in [0.05, 0.1) is 12.3 Å². The van der Waals surface area contributed by atoms with E-state index in [0.717, 1.165) is 5.69 Å². The van der Waals surface area contributed by atoms with Crippen molar-refractivity contribution in [1.29, 1.82) is 0 Å². The number of fused-ring (bicyclic) bond motifs is 1. The van der Waals surface area contributed by atoms with Crippen molar-refractivity contribution >= 4 is 11.6 Å². The molecule has 2 aromatic rings. The summed E-state index contributed by atoms with van der Waals surface area (Å²) in [5, 5.41) is 6.97. The van der Waals surface area contributed by atoms with Crippen molar-refractivity contribution in [3.05, 3.63) is 29.7 Å². The molecule has 17 heavy (non-hydrogen) atoms. The molecule has 2 rings (SSSR count). The first-order valence-electron chi connectivity index (χ1n) is 5.31. The van der Waals surface area contributed by atoms with E-state index in [1.54, 1.807) is 19.4 Å². The van der Waals surface area contributed by atoms with Gasteiger partial charge in [-0.2, -0.15) is 5.10 Å². The standard InChI is InChI=1S/C11H14N4O2/c1-8-7-10-12-4-3-9(15(10)14-8)11(16)13-5-6-17-2/h3-4,7H,5-6H2,1-2H3,(H,13,16). The van der Waals surface area contributed by atoms with Gasteiger partial charge in [0.15, 0.2) is 5.65 Å². The van der Waals surface area contributed by atoms with Crippen LogP contribution < -0.4 is 5.32 Å². The van der Waals surface area contributed by atoms with Gasteiger partial charge in [0.25, 0.3) is 5.91 Å². The molecule has 0 unspecified atom stereocenters. The molecule has 0 spiro atoms. The van der Waals surface area contributed by atoms with Gasteiger partial charge in [-0.25, -0.2) is 9.50 Å². The number of carbonyl (C=O) groups excluding carboxylic acids is 1. The molecular formula is C11H14N4O2. The molecule has 1 amide bonds. The van der Waals surface area contributed by atoms with E-state index in [1.807, 2.05) is 13.0 Å². The van der Waals surface area contributed by atoms with Gasteiger partial charge in [-0.15, -0.1) is 0 Å². The highest BCUT2D eigenvalue weighted by Crippen LogP contribution is 2.06. The first kappa shape index (κ1) is 11.5. The van der Waals surface area contributed by atoms with E-state index in [-0.39, 0.29) is 5.91 Å². The van der Waals surface area contributed by atoms with Crippen LogP contribution in [0.2, 0.25) is 0 Å². The molecule has 0 aliphatic heterocycles. The third kappa shape index (κ3) is 2.42. The number of nitrogens with one attached hydrogen (secondary N) is 1. The number of aromatic nitrogens is 3. The molecule has 0 fully saturated rings. The van der Waals surface area contributed by atoms with Gasteiger partial charge < -0.3 is 10.1 Å². The summed E-state index contributed by atoms with van der Waals surface area (Å²) < 4.78 is 6.41. The van der Waals surface area contributed by atoms with E-state index in [4.69, 9.17) is 4.74 Å². The molecule has 0 aromatic carbocycles. The van der Waals surface area contributed by atoms with Crippen LogP contribution in [0.15, 0.2) is 18.3 Å². The Morgan fingerprint density at radius 1 is 1.59 bits per heavy atom. The molecule has 1 N–H and O–H groups in total. The van der Waals surface area contributed by atoms with E-state index in [1.165, 1.54) is 4.52 Å². The van der Waals surface area contributed by atoms with Crippen LogP contribution in [0.1, 0.15) is 16.2 Å². The third-order valence-corrected chi connectivity index (χ3v) is 2.30. The Balaban J connectivity index is 2.25. The molecule has 2 heterocycles. The second-order valence-electron chi connectivity index (χ2n) is 3.63. The lowest BCUT2D eigenvalue weighted by Crippen LogP contribution is -2.28. The fraction of sp³-hybridized carbons (Fsp3) is 0.364. The van der Waals surface area contributed by atoms with Crippen LogP contribution in [0, 0.1) is 6.92 Å². The molecule has 0 aliphatic carbocycles. The van der Waals surface area contributed by atoms with Gasteiger partial charge >= 0.3 is 0 Å². The number of ether oxygens (including phenoxy) is 1. The van der Waals surface area contributed by atoms with Gasteiger partial charge in [0, 0.05) is 25.9 Å². The van der Waals surface area contributed by atoms with E-state index in [9.17, 15) is 4.79 Å². The first-order chi connectivity index (χ1) is 8.22. The van der Waals surface area contributed by atoms with E-state index in [0.29, 0.717) is 24.5 Å². The number of methoxy groups -OCH3 is 1. The average Bonchev–Trinajstić information content (AvgIpc) is 2.69. The van der Waals surface area contributed by atoms with Crippen LogP contribution in [0.5, 0.6) is 0 Å². The molecule has 0 saturated heterocycles. The second-order valence-corrected chi connectivity index (χ2v) is 3.63. The summed E-state index contributed by atoms with van der Waals surface area (Å²) >= 11 is 0. The quantitative estimate of drug-likeness (QED) is 0.778. The number of rotatable bonds is 4. The van der Waals surface area contributed by atoms with Gasteiger partial charge in [-0.3, -0.25) is 4.79 Å². The monoisotopic (exact) mass is 234 g/mol. The number of carbonyl (C=O) groups is 1. The highest BCUT2D eigenvalue weighted by molar-refractivity contribution is 5.92. The fourth-order valence-corrected chi connectivity index (χ4v) is 1.54. The Kier molecular flexibility index (Phi) is 3.34. The zero-order chi connectivity index (χ0) is 12.3. The number of amides is 1. The second kappa shape index (κ2) is 4.92. The van der Waals surface area contributed by atoms with Crippen LogP contribution in [0.3, 0.4) is 0 Å². The van der Waals surface area contributed by atoms with E-state index < -0.39 is 0 Å². The summed E-state index contributed by atoms with van der Waals surface area (Å²) in [6.45, 7) is 2.82. The van der Waals surface area contributed by atoms with Crippen LogP contribution in [0.25, 0.3) is 5.65 Å². The zero-order valence-electron chi connectivity index (χ0n) is 9.80. The number of hydrogen-bond acceptors (Lipinski definition) is 4. The molecule has 0 atom stereocenters. The van der Waals surface area contributed by atoms with Gasteiger partial charge in [0.2, 0.25) is 0 Å². The maximum atomic E-state index is 11.9. The first-order valence-corrected chi connectivity index (χ1v) is 5.31. The molecule has 0 bridgehead atoms. The summed E-state index contributed by atoms with van der Waals surface area (Å²) in [7, 11) is 1.59. The fourth-order valence-electron chi connectivity index (χ4n) is 1.54. The van der Waals surface area contributed by atoms with Crippen molar-refractivity contribution in [2.75, 3.05) is 20.3 Å². The number of hydrogen-bond donors (Lipinski definition) is 1. The van der Waals surface area contributed by atoms with Crippen molar-refractivity contribution in [1.82, 2.24) is 19.9 Å². The Bertz CT molecular complexity index is 535. The Hall–Kier alpha value is -1.95. The molecular weight excluding hydrogens is 220 g/mol. The predicted molar refractivity (Wildman–Crippen MR) is 61.9 cm³/mol. The smallest absolute Gasteiger partial charge is 0.270 e. The summed E-state index contributed by atoms with van der Waals surface area (Å²) in [5.74, 6) is -0.183. The zero-order valence-corrected chi connectivity index (χ0v) is 9.80. The van der Waals surface area contributed by atoms with Gasteiger partial charge in [0.1, 0.15) is 5.69 Å². The van der Waals surface area contributed by atoms with Crippen molar-refractivity contribution in [2.24, 2.45) is 0 Å². The van der Waals surface area contributed by atoms with Gasteiger partial charge in [-0.1, -0.05) is 0 Å². The maximum absolute atomic E-state index is 11.9. The van der Waals surface area contributed by atoms with Crippen molar-refractivity contribution in [2.45, 2.75) is 6.92 Å². The molecule has 90 valence electrons. The van der Waals surface area contributed by atoms with Crippen LogP contribution >= 0.6 is 0 Å². The van der Waals surface area contributed by atoms with Crippen molar-refractivity contribution < 1.29 is 9.53 Å². The highest BCUT2D eigenvalue weighted by atomic mass is 16.5. The molecule has 6 heteroatoms. The Morgan fingerprint density at radius 3 is 3.18 bits per heavy atom. The van der Waals surface area contributed by atoms with Crippen LogP contribution in [0.4, 0.5) is 0 Å². The Labute approximate surface area is 98.6 Å². The summed E-state index contributed by atoms with van der Waals surface area (Å²) in [6, 6.07) is 3.47. The SMILES string of the molecule is COCCNC(=O)c1ccnc2cc(C)nn12. The van der Waals surface area contributed by atoms with Crippen molar-refractivity contribution in [3.63, 3.8) is 0 Å². The number of nitrogens with zero attached hydrogens (tertiary/aromatic N) is 3. The lowest BCUT2D eigenvalue weighted by atomic mass is 10.3. The molecule has 2 aromatic heterocycles. The largest absolute Gasteiger partial charge is 0.383 e. The van der Waals surface area contributed by atoms with E-state index in [2.05, 4.69) is 15.4 Å². The van der Waals surface area contributed by atoms with Crippen molar-refractivity contribution in [3.8, 4) is 0 Å². The Morgan fingerprint density at radius 2 is 2.41 bits per heavy atom. The predicted octanol–water partition coefficient (Wildman–Crippen LogP) is 0.414. The topological polar surface area (TPSA) is 68.5 Å². The highest BCUT2D eigenvalue weighted by Gasteiger charge is 2.11. The third-order valence-electron chi connectivity index (χ3n) is 2.30. The maximum Gasteiger partial charge on any atom is 0.270 e. The minimum Gasteiger partial charge on any atom is -0.383 e. The average molecular weight is 234 g/mol. The van der Waals surface area contributed by atoms with Crippen LogP contribution in [-0.4, -0.2) is 40.8 Å². The summed E-state index contributed by atoms with van der Waals surface area (Å²) in [5.41, 5.74) is 1.97. The molecule has 0 aliphatic rings.